The van der Waals surface area contributed by atoms with E-state index in [1.807, 2.05) is 39.2 Å². The summed E-state index contributed by atoms with van der Waals surface area (Å²) in [4.78, 5) is 14.9. The smallest absolute Gasteiger partial charge is 0.362 e. The van der Waals surface area contributed by atoms with E-state index in [1.54, 1.807) is 34.9 Å². The van der Waals surface area contributed by atoms with E-state index in [1.165, 1.54) is 12.1 Å². The lowest BCUT2D eigenvalue weighted by molar-refractivity contribution is -0.140. The number of halogens is 3. The van der Waals surface area contributed by atoms with Crippen LogP contribution >= 0.6 is 11.8 Å². The van der Waals surface area contributed by atoms with Gasteiger partial charge in [-0.2, -0.15) is 13.2 Å². The van der Waals surface area contributed by atoms with Crippen molar-refractivity contribution in [1.82, 2.24) is 10.2 Å². The normalized spacial score (nSPS) is 16.0. The molecule has 0 radical (unpaired) electrons. The van der Waals surface area contributed by atoms with E-state index >= 15 is 0 Å². The zero-order valence-electron chi connectivity index (χ0n) is 18.0. The van der Waals surface area contributed by atoms with E-state index in [9.17, 15) is 18.0 Å². The zero-order valence-corrected chi connectivity index (χ0v) is 18.8. The van der Waals surface area contributed by atoms with Gasteiger partial charge in [0.25, 0.3) is 0 Å². The van der Waals surface area contributed by atoms with E-state index in [0.29, 0.717) is 18.7 Å². The lowest BCUT2D eigenvalue weighted by Gasteiger charge is -2.42. The van der Waals surface area contributed by atoms with Crippen LogP contribution in [0.1, 0.15) is 43.6 Å². The number of hydrogen-bond acceptors (Lipinski definition) is 3. The highest BCUT2D eigenvalue weighted by Crippen LogP contribution is 2.39. The highest BCUT2D eigenvalue weighted by atomic mass is 32.2. The molecule has 1 N–H and O–H groups in total. The Morgan fingerprint density at radius 1 is 1.10 bits per heavy atom. The van der Waals surface area contributed by atoms with Crippen molar-refractivity contribution < 1.29 is 22.7 Å². The van der Waals surface area contributed by atoms with Crippen LogP contribution in [0.25, 0.3) is 0 Å². The fourth-order valence-corrected chi connectivity index (χ4v) is 3.78. The average molecular weight is 453 g/mol. The molecular formula is C23H27F3N2O2S. The number of carbonyl (C=O) groups excluding carboxylic acids is 1. The van der Waals surface area contributed by atoms with Gasteiger partial charge < -0.3 is 15.0 Å². The summed E-state index contributed by atoms with van der Waals surface area (Å²) in [5.41, 5.74) is -0.358. The van der Waals surface area contributed by atoms with Gasteiger partial charge in [-0.25, -0.2) is 4.79 Å². The van der Waals surface area contributed by atoms with Crippen LogP contribution in [0.4, 0.5) is 18.0 Å². The Morgan fingerprint density at radius 3 is 2.26 bits per heavy atom. The Labute approximate surface area is 185 Å². The van der Waals surface area contributed by atoms with E-state index in [-0.39, 0.29) is 23.2 Å². The third-order valence-electron chi connectivity index (χ3n) is 4.91. The second-order valence-corrected chi connectivity index (χ2v) is 9.46. The topological polar surface area (TPSA) is 41.6 Å². The Balaban J connectivity index is 1.83. The maximum absolute atomic E-state index is 13.7. The van der Waals surface area contributed by atoms with Crippen LogP contribution in [-0.4, -0.2) is 41.9 Å². The van der Waals surface area contributed by atoms with E-state index < -0.39 is 17.8 Å². The number of nitrogens with zero attached hydrogens (tertiary/aromatic N) is 1. The molecule has 1 unspecified atom stereocenters. The zero-order chi connectivity index (χ0) is 22.8. The van der Waals surface area contributed by atoms with Crippen LogP contribution < -0.4 is 5.32 Å². The molecule has 0 saturated carbocycles. The average Bonchev–Trinajstić information content (AvgIpc) is 2.65. The Bertz CT molecular complexity index is 904. The molecule has 31 heavy (non-hydrogen) atoms. The number of benzene rings is 2. The number of hydrogen-bond donors (Lipinski definition) is 1. The number of nitrogens with one attached hydrogen (secondary N) is 1. The molecule has 8 heteroatoms. The highest BCUT2D eigenvalue weighted by Gasteiger charge is 2.39. The minimum absolute atomic E-state index is 0.0736. The first-order valence-electron chi connectivity index (χ1n) is 10.0. The summed E-state index contributed by atoms with van der Waals surface area (Å²) in [6, 6.07) is 12.6. The van der Waals surface area contributed by atoms with Crippen molar-refractivity contribution >= 4 is 17.8 Å². The molecular weight excluding hydrogens is 425 g/mol. The van der Waals surface area contributed by atoms with Gasteiger partial charge in [0, 0.05) is 10.4 Å². The van der Waals surface area contributed by atoms with Crippen LogP contribution in [0.2, 0.25) is 0 Å². The van der Waals surface area contributed by atoms with Crippen molar-refractivity contribution in [3.8, 4) is 0 Å². The third kappa shape index (κ3) is 5.95. The first-order valence-corrected chi connectivity index (χ1v) is 11.2. The number of likely N-dealkylation sites (tertiary alicyclic amines) is 1. The van der Waals surface area contributed by atoms with E-state index in [2.05, 4.69) is 5.32 Å². The largest absolute Gasteiger partial charge is 0.416 e. The number of amides is 2. The molecule has 0 bridgehead atoms. The van der Waals surface area contributed by atoms with Gasteiger partial charge in [-0.1, -0.05) is 30.3 Å². The molecule has 1 fully saturated rings. The molecule has 0 aliphatic carbocycles. The van der Waals surface area contributed by atoms with Crippen molar-refractivity contribution in [1.29, 1.82) is 0 Å². The molecule has 1 saturated heterocycles. The molecule has 1 aliphatic heterocycles. The van der Waals surface area contributed by atoms with E-state index in [0.717, 1.165) is 11.0 Å². The summed E-state index contributed by atoms with van der Waals surface area (Å²) < 4.78 is 47.2. The predicted octanol–water partition coefficient (Wildman–Crippen LogP) is 5.73. The minimum Gasteiger partial charge on any atom is -0.362 e. The molecule has 168 valence electrons. The van der Waals surface area contributed by atoms with Gasteiger partial charge in [-0.3, -0.25) is 0 Å². The van der Waals surface area contributed by atoms with E-state index in [4.69, 9.17) is 4.74 Å². The summed E-state index contributed by atoms with van der Waals surface area (Å²) in [5, 5.41) is 2.88. The predicted molar refractivity (Wildman–Crippen MR) is 116 cm³/mol. The summed E-state index contributed by atoms with van der Waals surface area (Å²) in [6.07, 6.45) is -3.78. The van der Waals surface area contributed by atoms with Crippen molar-refractivity contribution in [3.63, 3.8) is 0 Å². The van der Waals surface area contributed by atoms with Crippen molar-refractivity contribution in [3.05, 3.63) is 65.2 Å². The van der Waals surface area contributed by atoms with Crippen molar-refractivity contribution in [2.24, 2.45) is 0 Å². The van der Waals surface area contributed by atoms with Gasteiger partial charge in [0.2, 0.25) is 0 Å². The first-order chi connectivity index (χ1) is 14.5. The number of thioether (sulfide) groups is 1. The van der Waals surface area contributed by atoms with Gasteiger partial charge in [0.1, 0.15) is 6.10 Å². The van der Waals surface area contributed by atoms with Gasteiger partial charge in [-0.05, 0) is 56.4 Å². The summed E-state index contributed by atoms with van der Waals surface area (Å²) in [6.45, 7) is 6.33. The molecule has 0 spiro atoms. The second-order valence-electron chi connectivity index (χ2n) is 8.58. The number of urea groups is 1. The maximum Gasteiger partial charge on any atom is 0.416 e. The van der Waals surface area contributed by atoms with Crippen LogP contribution in [-0.2, 0) is 10.9 Å². The van der Waals surface area contributed by atoms with Gasteiger partial charge in [-0.15, -0.1) is 11.8 Å². The highest BCUT2D eigenvalue weighted by molar-refractivity contribution is 7.98. The molecule has 0 aromatic heterocycles. The minimum atomic E-state index is -4.49. The van der Waals surface area contributed by atoms with Crippen LogP contribution in [0.5, 0.6) is 0 Å². The fourth-order valence-electron chi connectivity index (χ4n) is 3.38. The summed E-state index contributed by atoms with van der Waals surface area (Å²) in [7, 11) is 0. The molecule has 1 heterocycles. The van der Waals surface area contributed by atoms with Gasteiger partial charge in [0.15, 0.2) is 0 Å². The molecule has 2 aromatic rings. The summed E-state index contributed by atoms with van der Waals surface area (Å²) >= 11 is 1.56. The molecule has 2 aromatic carbocycles. The van der Waals surface area contributed by atoms with Crippen molar-refractivity contribution in [2.45, 2.75) is 49.6 Å². The molecule has 4 nitrogen and oxygen atoms in total. The Morgan fingerprint density at radius 2 is 1.71 bits per heavy atom. The summed E-state index contributed by atoms with van der Waals surface area (Å²) in [5.74, 6) is 0. The number of alkyl halides is 3. The quantitative estimate of drug-likeness (QED) is 0.590. The maximum atomic E-state index is 13.7. The van der Waals surface area contributed by atoms with Gasteiger partial charge in [0.05, 0.1) is 24.8 Å². The van der Waals surface area contributed by atoms with Crippen molar-refractivity contribution in [2.75, 3.05) is 19.3 Å². The van der Waals surface area contributed by atoms with Crippen LogP contribution in [0.3, 0.4) is 0 Å². The SMILES string of the molecule is CSc1ccc(C(OC2CN(C(=O)NC(C)(C)C)C2)c2ccccc2C(F)(F)F)cc1. The lowest BCUT2D eigenvalue weighted by atomic mass is 9.95. The van der Waals surface area contributed by atoms with Crippen LogP contribution in [0, 0.1) is 0 Å². The fraction of sp³-hybridized carbons (Fsp3) is 0.435. The Kier molecular flexibility index (Phi) is 6.91. The third-order valence-corrected chi connectivity index (χ3v) is 5.66. The molecule has 3 rings (SSSR count). The molecule has 2 amide bonds. The Hall–Kier alpha value is -2.19. The lowest BCUT2D eigenvalue weighted by Crippen LogP contribution is -2.60. The first kappa shape index (κ1) is 23.5. The van der Waals surface area contributed by atoms with Crippen LogP contribution in [0.15, 0.2) is 53.4 Å². The molecule has 1 aliphatic rings. The number of rotatable bonds is 5. The second kappa shape index (κ2) is 9.12. The standard InChI is InChI=1S/C23H27F3N2O2S/c1-22(2,3)27-21(29)28-13-16(14-28)30-20(15-9-11-17(31-4)12-10-15)18-7-5-6-8-19(18)23(24,25)26/h5-12,16,20H,13-14H2,1-4H3,(H,27,29). The monoisotopic (exact) mass is 452 g/mol. The van der Waals surface area contributed by atoms with Gasteiger partial charge >= 0.3 is 12.2 Å². The molecule has 1 atom stereocenters. The number of carbonyl (C=O) groups is 1. The number of ether oxygens (including phenoxy) is 1.